The third-order valence-corrected chi connectivity index (χ3v) is 13.3. The fraction of sp³-hybridized carbons (Fsp3) is 0.368. The first kappa shape index (κ1) is 27.0. The number of hydrogen-bond acceptors (Lipinski definition) is 2. The maximum atomic E-state index is 13.9. The molecule has 2 aromatic rings. The second kappa shape index (κ2) is 8.23. The molecule has 0 bridgehead atoms. The quantitative estimate of drug-likeness (QED) is 0.327. The first-order valence-corrected chi connectivity index (χ1v) is 13.8. The fourth-order valence-corrected chi connectivity index (χ4v) is 12.9. The van der Waals surface area contributed by atoms with Gasteiger partial charge in [-0.05, 0) is 0 Å². The number of halogens is 12. The number of ether oxygens (including phenoxy) is 1. The van der Waals surface area contributed by atoms with Gasteiger partial charge in [0, 0.05) is 0 Å². The molecule has 15 heteroatoms. The molecule has 0 saturated carbocycles. The first-order valence-electron chi connectivity index (χ1n) is 8.87. The van der Waals surface area contributed by atoms with E-state index in [1.165, 1.54) is 0 Å². The Bertz CT molecular complexity index is 1030. The SMILES string of the molecule is COC(c1cccc[c]1[Bi]1[O]C(C(F)(F)F)(C(F)(F)F)c2cccc[c]21)(C(F)(F)F)C(F)(F)F. The van der Waals surface area contributed by atoms with E-state index in [9.17, 15) is 52.7 Å². The van der Waals surface area contributed by atoms with Gasteiger partial charge in [-0.2, -0.15) is 0 Å². The zero-order chi connectivity index (χ0) is 26.0. The summed E-state index contributed by atoms with van der Waals surface area (Å²) in [5.41, 5.74) is -13.0. The van der Waals surface area contributed by atoms with Crippen LogP contribution >= 0.6 is 0 Å². The van der Waals surface area contributed by atoms with Gasteiger partial charge >= 0.3 is 192 Å². The molecule has 0 unspecified atom stereocenters. The summed E-state index contributed by atoms with van der Waals surface area (Å²) < 4.78 is 173. The number of rotatable bonds is 3. The normalized spacial score (nSPS) is 17.7. The Morgan fingerprint density at radius 3 is 1.56 bits per heavy atom. The van der Waals surface area contributed by atoms with Crippen molar-refractivity contribution in [3.8, 4) is 0 Å². The predicted octanol–water partition coefficient (Wildman–Crippen LogP) is 5.11. The van der Waals surface area contributed by atoms with Crippen molar-refractivity contribution in [3.63, 3.8) is 0 Å². The van der Waals surface area contributed by atoms with Gasteiger partial charge in [0.05, 0.1) is 0 Å². The summed E-state index contributed by atoms with van der Waals surface area (Å²) in [6.07, 6.45) is -24.6. The predicted molar refractivity (Wildman–Crippen MR) is 93.6 cm³/mol. The molecule has 2 aromatic carbocycles. The number of fused-ring (bicyclic) bond motifs is 1. The van der Waals surface area contributed by atoms with Crippen LogP contribution < -0.4 is 6.54 Å². The Hall–Kier alpha value is -1.60. The van der Waals surface area contributed by atoms with Crippen molar-refractivity contribution in [1.82, 2.24) is 0 Å². The van der Waals surface area contributed by atoms with Gasteiger partial charge in [0.25, 0.3) is 0 Å². The standard InChI is InChI=1S/C10H7F6O.C9H4F6O.Bi/c1-17-8(9(11,12)13,10(14,15)16)7-5-3-2-4-6-7;10-8(11,12)7(16,9(13,14)15)6-4-2-1-3-5-6;/h2-5H,1H3;1-4H;/q;-1;+1. The summed E-state index contributed by atoms with van der Waals surface area (Å²) in [6.45, 7) is 0. The van der Waals surface area contributed by atoms with E-state index in [0.717, 1.165) is 30.3 Å². The third-order valence-electron chi connectivity index (χ3n) is 5.14. The molecule has 1 aliphatic heterocycles. The zero-order valence-corrected chi connectivity index (χ0v) is 19.9. The van der Waals surface area contributed by atoms with Crippen molar-refractivity contribution in [2.45, 2.75) is 35.9 Å². The Kier molecular flexibility index (Phi) is 6.53. The van der Waals surface area contributed by atoms with Crippen LogP contribution in [-0.4, -0.2) is 54.0 Å². The molecule has 0 amide bonds. The molecule has 34 heavy (non-hydrogen) atoms. The molecule has 0 fully saturated rings. The van der Waals surface area contributed by atoms with Gasteiger partial charge in [-0.25, -0.2) is 0 Å². The number of alkyl halides is 12. The Balaban J connectivity index is 2.39. The molecular formula is C19H11BiF12O2. The second-order valence-corrected chi connectivity index (χ2v) is 13.7. The topological polar surface area (TPSA) is 18.5 Å². The van der Waals surface area contributed by atoms with E-state index in [4.69, 9.17) is 0 Å². The van der Waals surface area contributed by atoms with Crippen molar-refractivity contribution in [2.75, 3.05) is 7.11 Å². The van der Waals surface area contributed by atoms with E-state index in [-0.39, 0.29) is 7.11 Å². The van der Waals surface area contributed by atoms with E-state index >= 15 is 0 Å². The van der Waals surface area contributed by atoms with Crippen LogP contribution in [0.25, 0.3) is 0 Å². The Labute approximate surface area is 191 Å². The molecular weight excluding hydrogens is 697 g/mol. The molecule has 0 N–H and O–H groups in total. The maximum absolute atomic E-state index is 13.9. The van der Waals surface area contributed by atoms with E-state index in [2.05, 4.69) is 7.55 Å². The molecule has 0 aromatic heterocycles. The average Bonchev–Trinajstić information content (AvgIpc) is 3.04. The zero-order valence-electron chi connectivity index (χ0n) is 16.4. The summed E-state index contributed by atoms with van der Waals surface area (Å²) in [5.74, 6) is 0. The summed E-state index contributed by atoms with van der Waals surface area (Å²) in [5, 5.41) is 0. The van der Waals surface area contributed by atoms with Crippen LogP contribution in [0.4, 0.5) is 52.7 Å². The van der Waals surface area contributed by atoms with Gasteiger partial charge in [-0.1, -0.05) is 0 Å². The molecule has 0 radical (unpaired) electrons. The van der Waals surface area contributed by atoms with Crippen LogP contribution in [0.2, 0.25) is 0 Å². The van der Waals surface area contributed by atoms with Crippen molar-refractivity contribution >= 4 is 28.7 Å². The van der Waals surface area contributed by atoms with Crippen LogP contribution in [0.15, 0.2) is 48.5 Å². The van der Waals surface area contributed by atoms with Crippen molar-refractivity contribution in [2.24, 2.45) is 0 Å². The summed E-state index contributed by atoms with van der Waals surface area (Å²) in [7, 11) is 0.0890. The van der Waals surface area contributed by atoms with E-state index < -0.39 is 75.8 Å². The second-order valence-electron chi connectivity index (χ2n) is 6.98. The number of hydrogen-bond donors (Lipinski definition) is 0. The molecule has 1 aliphatic rings. The van der Waals surface area contributed by atoms with Gasteiger partial charge in [0.1, 0.15) is 0 Å². The number of methoxy groups -OCH3 is 1. The molecule has 1 heterocycles. The molecule has 2 nitrogen and oxygen atoms in total. The van der Waals surface area contributed by atoms with Gasteiger partial charge < -0.3 is 0 Å². The van der Waals surface area contributed by atoms with Crippen LogP contribution in [0.3, 0.4) is 0 Å². The van der Waals surface area contributed by atoms with Gasteiger partial charge in [0.15, 0.2) is 0 Å². The van der Waals surface area contributed by atoms with Gasteiger partial charge in [-0.15, -0.1) is 0 Å². The minimum absolute atomic E-state index is 0.0890. The molecule has 0 spiro atoms. The first-order chi connectivity index (χ1) is 15.4. The van der Waals surface area contributed by atoms with Crippen LogP contribution in [0.5, 0.6) is 0 Å². The molecule has 0 atom stereocenters. The van der Waals surface area contributed by atoms with Crippen LogP contribution in [0.1, 0.15) is 11.1 Å². The minimum atomic E-state index is -6.18. The van der Waals surface area contributed by atoms with E-state index in [1.807, 2.05) is 0 Å². The monoisotopic (exact) mass is 708 g/mol. The van der Waals surface area contributed by atoms with E-state index in [0.29, 0.717) is 18.2 Å². The fourth-order valence-electron chi connectivity index (χ4n) is 3.69. The Morgan fingerprint density at radius 1 is 0.676 bits per heavy atom. The Morgan fingerprint density at radius 2 is 1.12 bits per heavy atom. The molecule has 188 valence electrons. The molecule has 0 aliphatic carbocycles. The van der Waals surface area contributed by atoms with Crippen molar-refractivity contribution in [1.29, 1.82) is 0 Å². The number of benzene rings is 2. The molecule has 3 rings (SSSR count). The summed E-state index contributed by atoms with van der Waals surface area (Å²) in [6, 6.07) is 5.64. The van der Waals surface area contributed by atoms with Gasteiger partial charge in [0.2, 0.25) is 0 Å². The third kappa shape index (κ3) is 3.69. The summed E-state index contributed by atoms with van der Waals surface area (Å²) in [4.78, 5) is 0. The summed E-state index contributed by atoms with van der Waals surface area (Å²) >= 11 is -5.35. The van der Waals surface area contributed by atoms with Crippen molar-refractivity contribution in [3.05, 3.63) is 59.7 Å². The average molecular weight is 708 g/mol. The van der Waals surface area contributed by atoms with Crippen molar-refractivity contribution < 1.29 is 60.2 Å². The van der Waals surface area contributed by atoms with Gasteiger partial charge in [-0.3, -0.25) is 0 Å². The van der Waals surface area contributed by atoms with Crippen LogP contribution in [-0.2, 0) is 18.8 Å². The van der Waals surface area contributed by atoms with Crippen LogP contribution in [0, 0.1) is 0 Å². The molecule has 0 saturated heterocycles. The van der Waals surface area contributed by atoms with E-state index in [1.54, 1.807) is 0 Å².